The highest BCUT2D eigenvalue weighted by Gasteiger charge is 2.80. The molecular weight excluding hydrogens is 652 g/mol. The van der Waals surface area contributed by atoms with Gasteiger partial charge in [0, 0.05) is 77.8 Å². The van der Waals surface area contributed by atoms with E-state index in [0.717, 1.165) is 27.7 Å². The van der Waals surface area contributed by atoms with Crippen molar-refractivity contribution in [3.8, 4) is 5.75 Å². The van der Waals surface area contributed by atoms with Gasteiger partial charge in [-0.05, 0) is 56.7 Å². The average molecular weight is 701 g/mol. The zero-order valence-corrected chi connectivity index (χ0v) is 30.6. The number of hydrogen-bond acceptors (Lipinski definition) is 11. The Kier molecular flexibility index (Phi) is 8.51. The largest absolute Gasteiger partial charge is 0.496 e. The number of ether oxygens (including phenoxy) is 4. The third-order valence-electron chi connectivity index (χ3n) is 12.1. The summed E-state index contributed by atoms with van der Waals surface area (Å²) in [5.74, 6) is -2.36. The van der Waals surface area contributed by atoms with Crippen LogP contribution in [0.15, 0.2) is 48.6 Å². The maximum Gasteiger partial charge on any atom is 0.344 e. The Morgan fingerprint density at radius 3 is 2.49 bits per heavy atom. The Hall–Kier alpha value is -4.39. The van der Waals surface area contributed by atoms with Gasteiger partial charge in [-0.25, -0.2) is 4.79 Å². The lowest BCUT2D eigenvalue weighted by molar-refractivity contribution is -0.228. The van der Waals surface area contributed by atoms with Crippen molar-refractivity contribution in [1.29, 1.82) is 0 Å². The van der Waals surface area contributed by atoms with Crippen molar-refractivity contribution in [3.63, 3.8) is 0 Å². The van der Waals surface area contributed by atoms with Gasteiger partial charge in [0.15, 0.2) is 6.10 Å². The number of anilines is 1. The first-order valence-corrected chi connectivity index (χ1v) is 17.5. The van der Waals surface area contributed by atoms with Crippen LogP contribution in [0.25, 0.3) is 10.9 Å². The van der Waals surface area contributed by atoms with E-state index in [1.165, 1.54) is 21.1 Å². The van der Waals surface area contributed by atoms with E-state index >= 15 is 0 Å². The summed E-state index contributed by atoms with van der Waals surface area (Å²) in [6.45, 7) is 5.22. The SMILES string of the molecule is CC[C@]12C=CCN3CC[C@@]4(c5cc(C(C(=O)OC)c6[nH]c7ccccc7c6CN(C)C)c(OC)cc5N(C)[C@H]4[C@@](O)(C(=O)OC)[C@@H]1OC(C)=O)[C@@H]32. The fraction of sp³-hybridized carbons (Fsp3) is 0.513. The van der Waals surface area contributed by atoms with Crippen molar-refractivity contribution in [2.75, 3.05) is 60.5 Å². The first-order valence-electron chi connectivity index (χ1n) is 17.5. The topological polar surface area (TPSA) is 134 Å². The van der Waals surface area contributed by atoms with Crippen molar-refractivity contribution < 1.29 is 38.4 Å². The molecule has 3 aliphatic heterocycles. The number of H-pyrrole nitrogens is 1. The normalized spacial score (nSPS) is 29.8. The van der Waals surface area contributed by atoms with Crippen molar-refractivity contribution in [3.05, 3.63) is 70.9 Å². The fourth-order valence-corrected chi connectivity index (χ4v) is 10.5. The van der Waals surface area contributed by atoms with Crippen LogP contribution in [0.3, 0.4) is 0 Å². The van der Waals surface area contributed by atoms with Crippen LogP contribution < -0.4 is 9.64 Å². The molecule has 272 valence electrons. The molecule has 1 saturated heterocycles. The smallest absolute Gasteiger partial charge is 0.344 e. The summed E-state index contributed by atoms with van der Waals surface area (Å²) < 4.78 is 23.1. The number of carbonyl (C=O) groups is 3. The van der Waals surface area contributed by atoms with Gasteiger partial charge >= 0.3 is 17.9 Å². The van der Waals surface area contributed by atoms with Gasteiger partial charge in [0.25, 0.3) is 0 Å². The molecule has 1 aromatic heterocycles. The van der Waals surface area contributed by atoms with Gasteiger partial charge in [0.1, 0.15) is 11.7 Å². The molecular formula is C39H48N4O8. The van der Waals surface area contributed by atoms with E-state index in [9.17, 15) is 19.5 Å². The summed E-state index contributed by atoms with van der Waals surface area (Å²) in [4.78, 5) is 51.0. The first-order chi connectivity index (χ1) is 24.3. The molecule has 1 saturated carbocycles. The van der Waals surface area contributed by atoms with Crippen LogP contribution in [0.2, 0.25) is 0 Å². The molecule has 0 radical (unpaired) electrons. The van der Waals surface area contributed by atoms with E-state index in [0.29, 0.717) is 49.5 Å². The summed E-state index contributed by atoms with van der Waals surface area (Å²) in [5, 5.41) is 14.1. The second kappa shape index (κ2) is 12.4. The monoisotopic (exact) mass is 700 g/mol. The summed E-state index contributed by atoms with van der Waals surface area (Å²) in [7, 11) is 10.0. The van der Waals surface area contributed by atoms with E-state index in [1.807, 2.05) is 81.5 Å². The van der Waals surface area contributed by atoms with Crippen LogP contribution in [-0.2, 0) is 40.6 Å². The van der Waals surface area contributed by atoms with E-state index < -0.39 is 52.4 Å². The number of benzene rings is 2. The summed E-state index contributed by atoms with van der Waals surface area (Å²) in [6.07, 6.45) is 3.92. The molecule has 1 spiro atoms. The first kappa shape index (κ1) is 35.0. The number of carbonyl (C=O) groups excluding carboxylic acids is 3. The number of aromatic nitrogens is 1. The number of hydrogen-bond donors (Lipinski definition) is 2. The van der Waals surface area contributed by atoms with Gasteiger partial charge in [0.05, 0.1) is 27.4 Å². The second-order valence-electron chi connectivity index (χ2n) is 14.7. The molecule has 51 heavy (non-hydrogen) atoms. The molecule has 2 fully saturated rings. The van der Waals surface area contributed by atoms with Crippen LogP contribution in [-0.4, -0.2) is 117 Å². The number of likely N-dealkylation sites (N-methyl/N-ethyl adjacent to an activating group) is 1. The number of esters is 3. The number of aliphatic hydroxyl groups is 1. The highest BCUT2D eigenvalue weighted by atomic mass is 16.6. The Labute approximate surface area is 298 Å². The number of rotatable bonds is 9. The van der Waals surface area contributed by atoms with Gasteiger partial charge in [-0.2, -0.15) is 0 Å². The molecule has 4 heterocycles. The van der Waals surface area contributed by atoms with Gasteiger partial charge < -0.3 is 38.8 Å². The van der Waals surface area contributed by atoms with Crippen LogP contribution in [0.4, 0.5) is 5.69 Å². The van der Waals surface area contributed by atoms with E-state index in [2.05, 4.69) is 14.8 Å². The average Bonchev–Trinajstić information content (AvgIpc) is 3.76. The minimum atomic E-state index is -2.26. The molecule has 7 rings (SSSR count). The lowest BCUT2D eigenvalue weighted by Gasteiger charge is -2.63. The minimum absolute atomic E-state index is 0.266. The molecule has 0 bridgehead atoms. The van der Waals surface area contributed by atoms with Crippen molar-refractivity contribution in [2.24, 2.45) is 5.41 Å². The lowest BCUT2D eigenvalue weighted by atomic mass is 9.47. The fourth-order valence-electron chi connectivity index (χ4n) is 10.5. The highest BCUT2D eigenvalue weighted by molar-refractivity contribution is 5.91. The van der Waals surface area contributed by atoms with Gasteiger partial charge in [-0.1, -0.05) is 37.3 Å². The third-order valence-corrected chi connectivity index (χ3v) is 12.1. The second-order valence-corrected chi connectivity index (χ2v) is 14.7. The summed E-state index contributed by atoms with van der Waals surface area (Å²) in [6, 6.07) is 10.8. The summed E-state index contributed by atoms with van der Waals surface area (Å²) >= 11 is 0. The molecule has 12 heteroatoms. The highest BCUT2D eigenvalue weighted by Crippen LogP contribution is 2.68. The van der Waals surface area contributed by atoms with E-state index in [-0.39, 0.29) is 6.04 Å². The van der Waals surface area contributed by atoms with Crippen molar-refractivity contribution in [2.45, 2.75) is 68.4 Å². The molecule has 1 unspecified atom stereocenters. The predicted octanol–water partition coefficient (Wildman–Crippen LogP) is 3.49. The molecule has 12 nitrogen and oxygen atoms in total. The number of fused-ring (bicyclic) bond motifs is 2. The number of para-hydroxylation sites is 1. The number of methoxy groups -OCH3 is 3. The van der Waals surface area contributed by atoms with Crippen LogP contribution >= 0.6 is 0 Å². The van der Waals surface area contributed by atoms with Gasteiger partial charge in [0.2, 0.25) is 5.60 Å². The minimum Gasteiger partial charge on any atom is -0.496 e. The number of nitrogens with one attached hydrogen (secondary N) is 1. The molecule has 1 aliphatic carbocycles. The van der Waals surface area contributed by atoms with Gasteiger partial charge in [-0.3, -0.25) is 14.5 Å². The predicted molar refractivity (Wildman–Crippen MR) is 191 cm³/mol. The Bertz CT molecular complexity index is 1940. The number of nitrogens with zero attached hydrogens (tertiary/aromatic N) is 3. The molecule has 4 aliphatic rings. The standard InChI is InChI=1S/C39H48N4O8/c1-9-37-15-12-17-43-18-16-38(33(37)43)26-19-24(30(32(45)49-7)31-25(21-41(3)4)23-13-10-11-14-27(23)40-31)29(48-6)20-28(26)42(5)34(38)39(47,36(46)50-8)35(37)51-22(2)44/h10-15,19-20,30,33-35,40,47H,9,16-18,21H2,1-8H3/t30?,33-,34+,35+,37+,38+,39-/m0/s1. The third kappa shape index (κ3) is 4.65. The zero-order chi connectivity index (χ0) is 36.6. The molecule has 7 atom stereocenters. The quantitative estimate of drug-likeness (QED) is 0.193. The molecule has 0 amide bonds. The van der Waals surface area contributed by atoms with E-state index in [1.54, 1.807) is 7.11 Å². The summed E-state index contributed by atoms with van der Waals surface area (Å²) in [5.41, 5.74) is 0.763. The van der Waals surface area contributed by atoms with E-state index in [4.69, 9.17) is 18.9 Å². The molecule has 3 aromatic rings. The van der Waals surface area contributed by atoms with Crippen molar-refractivity contribution in [1.82, 2.24) is 14.8 Å². The van der Waals surface area contributed by atoms with Crippen LogP contribution in [0.1, 0.15) is 55.0 Å². The lowest BCUT2D eigenvalue weighted by Crippen LogP contribution is -2.81. The zero-order valence-electron chi connectivity index (χ0n) is 30.6. The van der Waals surface area contributed by atoms with Gasteiger partial charge in [-0.15, -0.1) is 0 Å². The molecule has 2 aromatic carbocycles. The maximum atomic E-state index is 14.1. The molecule has 2 N–H and O–H groups in total. The Morgan fingerprint density at radius 1 is 1.10 bits per heavy atom. The van der Waals surface area contributed by atoms with Crippen molar-refractivity contribution >= 4 is 34.5 Å². The van der Waals surface area contributed by atoms with Crippen LogP contribution in [0, 0.1) is 5.41 Å². The van der Waals surface area contributed by atoms with Crippen LogP contribution in [0.5, 0.6) is 5.75 Å². The Balaban J connectivity index is 1.53. The number of aromatic amines is 1. The maximum absolute atomic E-state index is 14.1. The Morgan fingerprint density at radius 2 is 1.84 bits per heavy atom.